The van der Waals surface area contributed by atoms with E-state index >= 15 is 0 Å². The smallest absolute Gasteiger partial charge is 0.0803 e. The van der Waals surface area contributed by atoms with Gasteiger partial charge in [0.25, 0.3) is 0 Å². The third-order valence-electron chi connectivity index (χ3n) is 1.69. The molecule has 0 radical (unpaired) electrons. The van der Waals surface area contributed by atoms with Crippen LogP contribution in [0.1, 0.15) is 5.69 Å². The Morgan fingerprint density at radius 2 is 1.92 bits per heavy atom. The van der Waals surface area contributed by atoms with Gasteiger partial charge in [0.1, 0.15) is 0 Å². The summed E-state index contributed by atoms with van der Waals surface area (Å²) in [5, 5.41) is 3.96. The van der Waals surface area contributed by atoms with Crippen molar-refractivity contribution in [3.8, 4) is 10.4 Å². The van der Waals surface area contributed by atoms with Crippen LogP contribution in [0, 0.1) is 6.92 Å². The highest BCUT2D eigenvalue weighted by atomic mass is 32.1. The summed E-state index contributed by atoms with van der Waals surface area (Å²) in [6.07, 6.45) is 0. The average Bonchev–Trinajstić information content (AvgIpc) is 2.53. The van der Waals surface area contributed by atoms with Crippen LogP contribution in [0.2, 0.25) is 0 Å². The number of hydrogen-bond donors (Lipinski definition) is 0. The molecule has 12 heavy (non-hydrogen) atoms. The van der Waals surface area contributed by atoms with Crippen LogP contribution in [-0.4, -0.2) is 9.59 Å². The molecule has 0 atom stereocenters. The molecular formula is C9H8N2S. The Labute approximate surface area is 75.0 Å². The summed E-state index contributed by atoms with van der Waals surface area (Å²) in [6.45, 7) is 1.98. The van der Waals surface area contributed by atoms with Crippen molar-refractivity contribution < 1.29 is 0 Å². The Hall–Kier alpha value is -1.22. The molecule has 2 aromatic rings. The van der Waals surface area contributed by atoms with Crippen molar-refractivity contribution in [1.82, 2.24) is 9.59 Å². The van der Waals surface area contributed by atoms with Gasteiger partial charge in [0.15, 0.2) is 0 Å². The first-order chi connectivity index (χ1) is 5.88. The van der Waals surface area contributed by atoms with Crippen molar-refractivity contribution in [3.63, 3.8) is 0 Å². The predicted molar refractivity (Wildman–Crippen MR) is 50.1 cm³/mol. The van der Waals surface area contributed by atoms with Gasteiger partial charge in [0.05, 0.1) is 10.6 Å². The van der Waals surface area contributed by atoms with Crippen LogP contribution in [0.3, 0.4) is 0 Å². The van der Waals surface area contributed by atoms with Gasteiger partial charge in [-0.15, -0.1) is 5.10 Å². The monoisotopic (exact) mass is 176 g/mol. The second-order valence-corrected chi connectivity index (χ2v) is 3.31. The van der Waals surface area contributed by atoms with Crippen molar-refractivity contribution in [2.24, 2.45) is 0 Å². The number of nitrogens with zero attached hydrogens (tertiary/aromatic N) is 2. The van der Waals surface area contributed by atoms with E-state index in [1.165, 1.54) is 17.1 Å². The van der Waals surface area contributed by atoms with Crippen molar-refractivity contribution >= 4 is 11.5 Å². The minimum absolute atomic E-state index is 1.01. The Kier molecular flexibility index (Phi) is 1.87. The number of aromatic nitrogens is 2. The summed E-state index contributed by atoms with van der Waals surface area (Å²) in [6, 6.07) is 10.2. The predicted octanol–water partition coefficient (Wildman–Crippen LogP) is 2.51. The van der Waals surface area contributed by atoms with E-state index in [1.807, 2.05) is 25.1 Å². The molecule has 0 aliphatic heterocycles. The molecule has 1 heterocycles. The van der Waals surface area contributed by atoms with Gasteiger partial charge in [-0.05, 0) is 24.0 Å². The van der Waals surface area contributed by atoms with Crippen LogP contribution in [-0.2, 0) is 0 Å². The maximum Gasteiger partial charge on any atom is 0.0803 e. The highest BCUT2D eigenvalue weighted by Gasteiger charge is 2.03. The first-order valence-electron chi connectivity index (χ1n) is 3.72. The Morgan fingerprint density at radius 1 is 1.17 bits per heavy atom. The van der Waals surface area contributed by atoms with E-state index < -0.39 is 0 Å². The van der Waals surface area contributed by atoms with Crippen molar-refractivity contribution in [3.05, 3.63) is 36.0 Å². The molecule has 2 nitrogen and oxygen atoms in total. The minimum Gasteiger partial charge on any atom is -0.143 e. The summed E-state index contributed by atoms with van der Waals surface area (Å²) < 4.78 is 3.89. The molecule has 0 aliphatic carbocycles. The maximum absolute atomic E-state index is 3.96. The van der Waals surface area contributed by atoms with Gasteiger partial charge in [-0.25, -0.2) is 0 Å². The third-order valence-corrected chi connectivity index (χ3v) is 2.56. The number of aryl methyl sites for hydroxylation is 1. The fraction of sp³-hybridized carbons (Fsp3) is 0.111. The van der Waals surface area contributed by atoms with Gasteiger partial charge in [-0.1, -0.05) is 34.8 Å². The molecule has 0 bridgehead atoms. The van der Waals surface area contributed by atoms with Crippen molar-refractivity contribution in [2.75, 3.05) is 0 Å². The lowest BCUT2D eigenvalue weighted by molar-refractivity contribution is 1.09. The normalized spacial score (nSPS) is 10.1. The van der Waals surface area contributed by atoms with E-state index in [4.69, 9.17) is 0 Å². The maximum atomic E-state index is 3.96. The fourth-order valence-corrected chi connectivity index (χ4v) is 1.74. The molecule has 0 N–H and O–H groups in total. The van der Waals surface area contributed by atoms with E-state index in [9.17, 15) is 0 Å². The summed E-state index contributed by atoms with van der Waals surface area (Å²) in [4.78, 5) is 1.16. The van der Waals surface area contributed by atoms with Crippen molar-refractivity contribution in [1.29, 1.82) is 0 Å². The molecule has 1 aromatic carbocycles. The van der Waals surface area contributed by atoms with Gasteiger partial charge in [0.2, 0.25) is 0 Å². The summed E-state index contributed by atoms with van der Waals surface area (Å²) in [5.74, 6) is 0. The van der Waals surface area contributed by atoms with E-state index in [2.05, 4.69) is 21.7 Å². The number of hydrogen-bond acceptors (Lipinski definition) is 3. The summed E-state index contributed by atoms with van der Waals surface area (Å²) >= 11 is 1.44. The molecule has 60 valence electrons. The lowest BCUT2D eigenvalue weighted by atomic mass is 10.2. The van der Waals surface area contributed by atoms with Crippen LogP contribution in [0.4, 0.5) is 0 Å². The average molecular weight is 176 g/mol. The van der Waals surface area contributed by atoms with E-state index in [-0.39, 0.29) is 0 Å². The highest BCUT2D eigenvalue weighted by Crippen LogP contribution is 2.24. The second kappa shape index (κ2) is 3.03. The molecular weight excluding hydrogens is 168 g/mol. The van der Waals surface area contributed by atoms with E-state index in [1.54, 1.807) is 0 Å². The van der Waals surface area contributed by atoms with Gasteiger partial charge >= 0.3 is 0 Å². The minimum atomic E-state index is 1.01. The first kappa shape index (κ1) is 7.43. The van der Waals surface area contributed by atoms with E-state index in [0.29, 0.717) is 0 Å². The Morgan fingerprint density at radius 3 is 2.50 bits per heavy atom. The zero-order chi connectivity index (χ0) is 8.39. The first-order valence-corrected chi connectivity index (χ1v) is 4.49. The number of benzene rings is 1. The molecule has 0 fully saturated rings. The molecule has 0 saturated carbocycles. The molecule has 2 rings (SSSR count). The van der Waals surface area contributed by atoms with Gasteiger partial charge in [0, 0.05) is 0 Å². The van der Waals surface area contributed by atoms with Gasteiger partial charge in [-0.3, -0.25) is 0 Å². The van der Waals surface area contributed by atoms with Gasteiger partial charge in [-0.2, -0.15) is 0 Å². The molecule has 1 aromatic heterocycles. The van der Waals surface area contributed by atoms with Crippen LogP contribution in [0.25, 0.3) is 10.4 Å². The zero-order valence-electron chi connectivity index (χ0n) is 6.69. The SMILES string of the molecule is Cc1nnsc1-c1ccccc1. The quantitative estimate of drug-likeness (QED) is 0.667. The molecule has 0 aliphatic rings. The van der Waals surface area contributed by atoms with E-state index in [0.717, 1.165) is 10.6 Å². The summed E-state index contributed by atoms with van der Waals surface area (Å²) in [7, 11) is 0. The fourth-order valence-electron chi connectivity index (χ4n) is 1.09. The lowest BCUT2D eigenvalue weighted by Crippen LogP contribution is -1.76. The molecule has 0 spiro atoms. The van der Waals surface area contributed by atoms with Crippen LogP contribution >= 0.6 is 11.5 Å². The number of rotatable bonds is 1. The Balaban J connectivity index is 2.51. The molecule has 0 unspecified atom stereocenters. The molecule has 3 heteroatoms. The largest absolute Gasteiger partial charge is 0.143 e. The lowest BCUT2D eigenvalue weighted by Gasteiger charge is -1.94. The standard InChI is InChI=1S/C9H8N2S/c1-7-9(12-11-10-7)8-5-3-2-4-6-8/h2-6H,1H3. The Bertz CT molecular complexity index is 367. The van der Waals surface area contributed by atoms with Crippen LogP contribution < -0.4 is 0 Å². The zero-order valence-corrected chi connectivity index (χ0v) is 7.51. The summed E-state index contributed by atoms with van der Waals surface area (Å²) in [5.41, 5.74) is 2.20. The second-order valence-electron chi connectivity index (χ2n) is 2.55. The topological polar surface area (TPSA) is 25.8 Å². The molecule has 0 saturated heterocycles. The highest BCUT2D eigenvalue weighted by molar-refractivity contribution is 7.09. The third kappa shape index (κ3) is 1.23. The van der Waals surface area contributed by atoms with Crippen LogP contribution in [0.15, 0.2) is 30.3 Å². The van der Waals surface area contributed by atoms with Crippen LogP contribution in [0.5, 0.6) is 0 Å². The molecule has 0 amide bonds. The van der Waals surface area contributed by atoms with Gasteiger partial charge < -0.3 is 0 Å². The van der Waals surface area contributed by atoms with Crippen molar-refractivity contribution in [2.45, 2.75) is 6.92 Å².